The molecule has 4 aromatic rings. The van der Waals surface area contributed by atoms with Crippen molar-refractivity contribution in [3.63, 3.8) is 0 Å². The maximum Gasteiger partial charge on any atom is 0.317 e. The minimum atomic E-state index is -1.13. The van der Waals surface area contributed by atoms with E-state index in [-0.39, 0.29) is 22.4 Å². The molecule has 1 aromatic heterocycles. The Hall–Kier alpha value is -4.49. The number of ketones is 2. The van der Waals surface area contributed by atoms with E-state index < -0.39 is 17.5 Å². The van der Waals surface area contributed by atoms with E-state index in [1.165, 1.54) is 18.2 Å². The molecule has 0 saturated carbocycles. The van der Waals surface area contributed by atoms with E-state index in [1.54, 1.807) is 60.8 Å². The largest absolute Gasteiger partial charge is 0.343 e. The number of carbonyl (C=O) groups excluding carboxylic acids is 3. The Morgan fingerprint density at radius 1 is 0.771 bits per heavy atom. The number of carbonyl (C=O) groups is 3. The second kappa shape index (κ2) is 10.2. The molecule has 8 heteroatoms. The molecule has 0 radical (unpaired) electrons. The number of benzene rings is 3. The van der Waals surface area contributed by atoms with Gasteiger partial charge in [-0.1, -0.05) is 48.0 Å². The normalized spacial score (nSPS) is 10.5. The van der Waals surface area contributed by atoms with Gasteiger partial charge in [0.1, 0.15) is 5.69 Å². The number of hydrogen-bond donors (Lipinski definition) is 0. The second-order valence-corrected chi connectivity index (χ2v) is 8.05. The van der Waals surface area contributed by atoms with Crippen molar-refractivity contribution in [2.24, 2.45) is 5.18 Å². The summed E-state index contributed by atoms with van der Waals surface area (Å²) >= 11 is 5.94. The number of nitrogens with zero attached hydrogens (tertiary/aromatic N) is 3. The van der Waals surface area contributed by atoms with Crippen molar-refractivity contribution in [1.29, 1.82) is 0 Å². The van der Waals surface area contributed by atoms with Crippen LogP contribution in [0.2, 0.25) is 5.02 Å². The maximum atomic E-state index is 13.1. The Morgan fingerprint density at radius 2 is 1.46 bits per heavy atom. The van der Waals surface area contributed by atoms with Gasteiger partial charge in [0.05, 0.1) is 17.4 Å². The highest BCUT2D eigenvalue weighted by Crippen LogP contribution is 2.25. The van der Waals surface area contributed by atoms with Crippen molar-refractivity contribution in [3.05, 3.63) is 129 Å². The zero-order valence-corrected chi connectivity index (χ0v) is 19.3. The second-order valence-electron chi connectivity index (χ2n) is 7.62. The van der Waals surface area contributed by atoms with E-state index in [0.29, 0.717) is 10.6 Å². The van der Waals surface area contributed by atoms with Gasteiger partial charge in [0, 0.05) is 39.6 Å². The van der Waals surface area contributed by atoms with Crippen LogP contribution in [0.25, 0.3) is 0 Å². The van der Waals surface area contributed by atoms with Crippen LogP contribution < -0.4 is 4.90 Å². The predicted molar refractivity (Wildman–Crippen MR) is 134 cm³/mol. The van der Waals surface area contributed by atoms with Gasteiger partial charge < -0.3 is 4.90 Å². The van der Waals surface area contributed by atoms with Gasteiger partial charge in [-0.25, -0.2) is 0 Å². The van der Waals surface area contributed by atoms with Crippen molar-refractivity contribution in [2.75, 3.05) is 11.9 Å². The molecule has 35 heavy (non-hydrogen) atoms. The summed E-state index contributed by atoms with van der Waals surface area (Å²) in [5, 5.41) is 3.08. The number of amides is 1. The summed E-state index contributed by atoms with van der Waals surface area (Å²) in [6, 6.07) is 22.9. The summed E-state index contributed by atoms with van der Waals surface area (Å²) in [5.74, 6) is -2.06. The standard InChI is InChI=1S/C27H18ClN3O4/c1-31(20-10-8-19(28)9-11-20)21-12-14-24(29-16-21)26(33)18-7-13-22(23(15-18)27(34)30-35)25(32)17-5-3-2-4-6-17/h2-16H,1H3. The third-order valence-corrected chi connectivity index (χ3v) is 5.71. The lowest BCUT2D eigenvalue weighted by molar-refractivity contribution is 0.0981. The fraction of sp³-hybridized carbons (Fsp3) is 0.0370. The van der Waals surface area contributed by atoms with Crippen LogP contribution >= 0.6 is 11.6 Å². The number of halogens is 1. The van der Waals surface area contributed by atoms with Gasteiger partial charge in [0.2, 0.25) is 5.78 Å². The Balaban J connectivity index is 1.62. The van der Waals surface area contributed by atoms with Gasteiger partial charge in [-0.3, -0.25) is 19.4 Å². The third kappa shape index (κ3) is 5.05. The molecule has 0 bridgehead atoms. The van der Waals surface area contributed by atoms with Crippen LogP contribution in [0.1, 0.15) is 42.3 Å². The molecule has 3 aromatic carbocycles. The average molecular weight is 484 g/mol. The Morgan fingerprint density at radius 3 is 2.09 bits per heavy atom. The van der Waals surface area contributed by atoms with Crippen molar-refractivity contribution in [3.8, 4) is 0 Å². The molecule has 0 fully saturated rings. The first-order valence-corrected chi connectivity index (χ1v) is 10.9. The lowest BCUT2D eigenvalue weighted by Crippen LogP contribution is -2.13. The van der Waals surface area contributed by atoms with Crippen molar-refractivity contribution < 1.29 is 14.4 Å². The predicted octanol–water partition coefficient (Wildman–Crippen LogP) is 5.87. The molecule has 0 aliphatic rings. The molecule has 7 nitrogen and oxygen atoms in total. The highest BCUT2D eigenvalue weighted by atomic mass is 35.5. The lowest BCUT2D eigenvalue weighted by Gasteiger charge is -2.19. The highest BCUT2D eigenvalue weighted by molar-refractivity contribution is 6.30. The van der Waals surface area contributed by atoms with Crippen LogP contribution in [0.4, 0.5) is 11.4 Å². The summed E-state index contributed by atoms with van der Waals surface area (Å²) in [4.78, 5) is 55.2. The molecule has 0 atom stereocenters. The quantitative estimate of drug-likeness (QED) is 0.241. The molecule has 1 amide bonds. The number of anilines is 2. The third-order valence-electron chi connectivity index (χ3n) is 5.46. The van der Waals surface area contributed by atoms with Crippen LogP contribution in [0.15, 0.2) is 96.3 Å². The molecule has 0 N–H and O–H groups in total. The molecule has 0 aliphatic carbocycles. The summed E-state index contributed by atoms with van der Waals surface area (Å²) in [6.45, 7) is 0. The van der Waals surface area contributed by atoms with Gasteiger partial charge in [0.25, 0.3) is 0 Å². The van der Waals surface area contributed by atoms with E-state index in [1.807, 2.05) is 24.1 Å². The van der Waals surface area contributed by atoms with E-state index >= 15 is 0 Å². The highest BCUT2D eigenvalue weighted by Gasteiger charge is 2.22. The number of nitroso groups, excluding NO2 is 1. The molecule has 4 rings (SSSR count). The van der Waals surface area contributed by atoms with E-state index in [2.05, 4.69) is 10.2 Å². The lowest BCUT2D eigenvalue weighted by atomic mass is 9.94. The Labute approximate surface area is 206 Å². The van der Waals surface area contributed by atoms with E-state index in [0.717, 1.165) is 11.4 Å². The number of pyridine rings is 1. The van der Waals surface area contributed by atoms with E-state index in [9.17, 15) is 19.3 Å². The number of aromatic nitrogens is 1. The zero-order valence-electron chi connectivity index (χ0n) is 18.5. The Bertz CT molecular complexity index is 1420. The van der Waals surface area contributed by atoms with Crippen LogP contribution in [-0.4, -0.2) is 29.5 Å². The number of rotatable bonds is 7. The van der Waals surface area contributed by atoms with Crippen molar-refractivity contribution in [1.82, 2.24) is 4.98 Å². The molecule has 0 aliphatic heterocycles. The van der Waals surface area contributed by atoms with E-state index in [4.69, 9.17) is 11.6 Å². The first kappa shape index (κ1) is 23.7. The summed E-state index contributed by atoms with van der Waals surface area (Å²) < 4.78 is 0. The van der Waals surface area contributed by atoms with Gasteiger partial charge >= 0.3 is 5.91 Å². The Kier molecular flexibility index (Phi) is 6.89. The molecular weight excluding hydrogens is 466 g/mol. The molecule has 1 heterocycles. The fourth-order valence-corrected chi connectivity index (χ4v) is 3.66. The van der Waals surface area contributed by atoms with Crippen LogP contribution in [0.5, 0.6) is 0 Å². The molecule has 0 spiro atoms. The molecule has 0 saturated heterocycles. The average Bonchev–Trinajstić information content (AvgIpc) is 2.92. The van der Waals surface area contributed by atoms with Crippen LogP contribution in [-0.2, 0) is 0 Å². The topological polar surface area (TPSA) is 96.8 Å². The summed E-state index contributed by atoms with van der Waals surface area (Å²) in [5.41, 5.74) is 1.97. The van der Waals surface area contributed by atoms with Crippen LogP contribution in [0, 0.1) is 4.91 Å². The summed E-state index contributed by atoms with van der Waals surface area (Å²) in [7, 11) is 1.86. The number of hydrogen-bond acceptors (Lipinski definition) is 6. The van der Waals surface area contributed by atoms with Crippen LogP contribution in [0.3, 0.4) is 0 Å². The molecular formula is C27H18ClN3O4. The van der Waals surface area contributed by atoms with Crippen molar-refractivity contribution >= 4 is 40.4 Å². The van der Waals surface area contributed by atoms with Gasteiger partial charge in [0.15, 0.2) is 5.78 Å². The molecule has 172 valence electrons. The van der Waals surface area contributed by atoms with Gasteiger partial charge in [-0.2, -0.15) is 0 Å². The maximum absolute atomic E-state index is 13.1. The fourth-order valence-electron chi connectivity index (χ4n) is 3.54. The van der Waals surface area contributed by atoms with Crippen molar-refractivity contribution in [2.45, 2.75) is 0 Å². The monoisotopic (exact) mass is 483 g/mol. The summed E-state index contributed by atoms with van der Waals surface area (Å²) in [6.07, 6.45) is 1.55. The minimum Gasteiger partial charge on any atom is -0.343 e. The first-order valence-electron chi connectivity index (χ1n) is 10.5. The van der Waals surface area contributed by atoms with Gasteiger partial charge in [-0.15, -0.1) is 4.91 Å². The smallest absolute Gasteiger partial charge is 0.317 e. The van der Waals surface area contributed by atoms with Gasteiger partial charge in [-0.05, 0) is 48.5 Å². The SMILES string of the molecule is CN(c1ccc(Cl)cc1)c1ccc(C(=O)c2ccc(C(=O)c3ccccc3)c(C(=O)N=O)c2)nc1. The minimum absolute atomic E-state index is 0.00903. The first-order chi connectivity index (χ1) is 16.9. The molecule has 0 unspecified atom stereocenters. The zero-order chi connectivity index (χ0) is 24.9.